The normalized spacial score (nSPS) is 11.1. The van der Waals surface area contributed by atoms with Crippen molar-refractivity contribution >= 4 is 5.78 Å². The zero-order chi connectivity index (χ0) is 11.8. The maximum Gasteiger partial charge on any atom is 0.192 e. The van der Waals surface area contributed by atoms with Crippen molar-refractivity contribution in [3.8, 4) is 0 Å². The first kappa shape index (κ1) is 12.2. The third kappa shape index (κ3) is 3.70. The van der Waals surface area contributed by atoms with Gasteiger partial charge in [0, 0.05) is 11.1 Å². The van der Waals surface area contributed by atoms with E-state index in [1.165, 1.54) is 0 Å². The second-order valence-electron chi connectivity index (χ2n) is 3.43. The van der Waals surface area contributed by atoms with Gasteiger partial charge in [0.1, 0.15) is 0 Å². The molecule has 1 aromatic rings. The van der Waals surface area contributed by atoms with E-state index in [9.17, 15) is 4.79 Å². The highest BCUT2D eigenvalue weighted by Crippen LogP contribution is 2.07. The number of ketones is 1. The Morgan fingerprint density at radius 1 is 1.25 bits per heavy atom. The Morgan fingerprint density at radius 2 is 1.94 bits per heavy atom. The van der Waals surface area contributed by atoms with Crippen molar-refractivity contribution in [1.29, 1.82) is 0 Å². The summed E-state index contributed by atoms with van der Waals surface area (Å²) in [7, 11) is 0. The van der Waals surface area contributed by atoms with Crippen LogP contribution in [0.25, 0.3) is 0 Å². The van der Waals surface area contributed by atoms with Gasteiger partial charge in [-0.25, -0.2) is 0 Å². The first-order chi connectivity index (χ1) is 7.75. The quantitative estimate of drug-likeness (QED) is 0.312. The fourth-order valence-corrected chi connectivity index (χ4v) is 1.28. The number of Topliss-reactive ketones (excluding diaryl/α,β-unsaturated/α-hetero) is 1. The summed E-state index contributed by atoms with van der Waals surface area (Å²) in [5.74, 6) is -0.0164. The standard InChI is InChI=1S/C15H16O/c1-3-4-5-7-10-13(2)15(16)14-11-8-6-9-12-14/h3-4,6-12H,2,5H2,1H3/b4-3-,10-7-. The van der Waals surface area contributed by atoms with Gasteiger partial charge in [0.25, 0.3) is 0 Å². The average Bonchev–Trinajstić information content (AvgIpc) is 2.34. The van der Waals surface area contributed by atoms with Gasteiger partial charge in [0.2, 0.25) is 0 Å². The van der Waals surface area contributed by atoms with Crippen LogP contribution in [0.2, 0.25) is 0 Å². The molecule has 0 spiro atoms. The first-order valence-corrected chi connectivity index (χ1v) is 5.32. The summed E-state index contributed by atoms with van der Waals surface area (Å²) in [5, 5.41) is 0. The zero-order valence-electron chi connectivity index (χ0n) is 9.52. The maximum absolute atomic E-state index is 11.8. The van der Waals surface area contributed by atoms with Crippen LogP contribution in [0.4, 0.5) is 0 Å². The molecule has 1 rings (SSSR count). The van der Waals surface area contributed by atoms with Crippen LogP contribution in [0.5, 0.6) is 0 Å². The number of hydrogen-bond acceptors (Lipinski definition) is 1. The third-order valence-electron chi connectivity index (χ3n) is 2.15. The Hall–Kier alpha value is -1.89. The average molecular weight is 212 g/mol. The van der Waals surface area contributed by atoms with Crippen LogP contribution < -0.4 is 0 Å². The highest BCUT2D eigenvalue weighted by molar-refractivity contribution is 6.10. The number of benzene rings is 1. The molecule has 0 unspecified atom stereocenters. The highest BCUT2D eigenvalue weighted by Gasteiger charge is 2.05. The third-order valence-corrected chi connectivity index (χ3v) is 2.15. The minimum absolute atomic E-state index is 0.0164. The highest BCUT2D eigenvalue weighted by atomic mass is 16.1. The summed E-state index contributed by atoms with van der Waals surface area (Å²) in [6.45, 7) is 5.74. The van der Waals surface area contributed by atoms with Crippen molar-refractivity contribution < 1.29 is 4.79 Å². The summed E-state index contributed by atoms with van der Waals surface area (Å²) in [6.07, 6.45) is 8.54. The molecule has 0 saturated carbocycles. The Kier molecular flexibility index (Phi) is 5.00. The van der Waals surface area contributed by atoms with Crippen molar-refractivity contribution in [2.45, 2.75) is 13.3 Å². The molecule has 1 aromatic carbocycles. The molecule has 1 heteroatoms. The number of allylic oxidation sites excluding steroid dienone is 5. The monoisotopic (exact) mass is 212 g/mol. The molecular formula is C15H16O. The molecule has 0 bridgehead atoms. The molecule has 16 heavy (non-hydrogen) atoms. The summed E-state index contributed by atoms with van der Waals surface area (Å²) in [6, 6.07) is 9.19. The molecule has 1 nitrogen and oxygen atoms in total. The maximum atomic E-state index is 11.8. The number of carbonyl (C=O) groups is 1. The van der Waals surface area contributed by atoms with Crippen molar-refractivity contribution in [2.24, 2.45) is 0 Å². The molecule has 0 aliphatic carbocycles. The van der Waals surface area contributed by atoms with E-state index in [4.69, 9.17) is 0 Å². The van der Waals surface area contributed by atoms with Crippen LogP contribution in [0, 0.1) is 0 Å². The van der Waals surface area contributed by atoms with Gasteiger partial charge in [0.05, 0.1) is 0 Å². The molecule has 0 radical (unpaired) electrons. The van der Waals surface area contributed by atoms with Crippen LogP contribution in [0.15, 0.2) is 66.8 Å². The van der Waals surface area contributed by atoms with Crippen LogP contribution in [0.1, 0.15) is 23.7 Å². The smallest absolute Gasteiger partial charge is 0.192 e. The van der Waals surface area contributed by atoms with E-state index >= 15 is 0 Å². The summed E-state index contributed by atoms with van der Waals surface area (Å²) in [5.41, 5.74) is 1.21. The van der Waals surface area contributed by atoms with Gasteiger partial charge in [-0.3, -0.25) is 4.79 Å². The zero-order valence-corrected chi connectivity index (χ0v) is 9.52. The molecule has 82 valence electrons. The fourth-order valence-electron chi connectivity index (χ4n) is 1.28. The minimum Gasteiger partial charge on any atom is -0.289 e. The van der Waals surface area contributed by atoms with E-state index < -0.39 is 0 Å². The predicted octanol–water partition coefficient (Wildman–Crippen LogP) is 3.95. The van der Waals surface area contributed by atoms with Crippen LogP contribution >= 0.6 is 0 Å². The largest absolute Gasteiger partial charge is 0.289 e. The fraction of sp³-hybridized carbons (Fsp3) is 0.133. The summed E-state index contributed by atoms with van der Waals surface area (Å²) in [4.78, 5) is 11.8. The second-order valence-corrected chi connectivity index (χ2v) is 3.43. The Balaban J connectivity index is 2.62. The van der Waals surface area contributed by atoms with Gasteiger partial charge in [-0.15, -0.1) is 0 Å². The van der Waals surface area contributed by atoms with Gasteiger partial charge in [-0.05, 0) is 13.3 Å². The minimum atomic E-state index is -0.0164. The molecular weight excluding hydrogens is 196 g/mol. The van der Waals surface area contributed by atoms with Crippen LogP contribution in [0.3, 0.4) is 0 Å². The molecule has 0 aliphatic rings. The summed E-state index contributed by atoms with van der Waals surface area (Å²) >= 11 is 0. The van der Waals surface area contributed by atoms with Crippen molar-refractivity contribution in [3.05, 3.63) is 72.4 Å². The SMILES string of the molecule is C=C(/C=C\C/C=C\C)C(=O)c1ccccc1. The first-order valence-electron chi connectivity index (χ1n) is 5.32. The number of hydrogen-bond donors (Lipinski definition) is 0. The van der Waals surface area contributed by atoms with Crippen molar-refractivity contribution in [3.63, 3.8) is 0 Å². The van der Waals surface area contributed by atoms with Gasteiger partial charge in [-0.2, -0.15) is 0 Å². The molecule has 0 fully saturated rings. The number of carbonyl (C=O) groups excluding carboxylic acids is 1. The van der Waals surface area contributed by atoms with Crippen molar-refractivity contribution in [2.75, 3.05) is 0 Å². The lowest BCUT2D eigenvalue weighted by Crippen LogP contribution is -1.99. The second kappa shape index (κ2) is 6.57. The predicted molar refractivity (Wildman–Crippen MR) is 68.5 cm³/mol. The topological polar surface area (TPSA) is 17.1 Å². The van der Waals surface area contributed by atoms with E-state index in [2.05, 4.69) is 6.58 Å². The molecule has 0 saturated heterocycles. The lowest BCUT2D eigenvalue weighted by molar-refractivity contribution is 0.103. The summed E-state index contributed by atoms with van der Waals surface area (Å²) < 4.78 is 0. The van der Waals surface area contributed by atoms with Gasteiger partial charge in [-0.1, -0.05) is 61.2 Å². The molecule has 0 aromatic heterocycles. The van der Waals surface area contributed by atoms with Gasteiger partial charge >= 0.3 is 0 Å². The molecule has 0 heterocycles. The van der Waals surface area contributed by atoms with Crippen molar-refractivity contribution in [1.82, 2.24) is 0 Å². The molecule has 0 atom stereocenters. The van der Waals surface area contributed by atoms with Gasteiger partial charge < -0.3 is 0 Å². The molecule has 0 N–H and O–H groups in total. The molecule has 0 amide bonds. The van der Waals surface area contributed by atoms with E-state index in [-0.39, 0.29) is 5.78 Å². The van der Waals surface area contributed by atoms with E-state index in [0.29, 0.717) is 11.1 Å². The molecule has 0 aliphatic heterocycles. The Bertz CT molecular complexity index is 410. The Labute approximate surface area is 96.8 Å². The Morgan fingerprint density at radius 3 is 2.56 bits per heavy atom. The van der Waals surface area contributed by atoms with E-state index in [0.717, 1.165) is 6.42 Å². The number of rotatable bonds is 5. The lowest BCUT2D eigenvalue weighted by Gasteiger charge is -1.99. The van der Waals surface area contributed by atoms with Gasteiger partial charge in [0.15, 0.2) is 5.78 Å². The van der Waals surface area contributed by atoms with E-state index in [1.54, 1.807) is 18.2 Å². The van der Waals surface area contributed by atoms with Crippen LogP contribution in [-0.4, -0.2) is 5.78 Å². The van der Waals surface area contributed by atoms with Crippen LogP contribution in [-0.2, 0) is 0 Å². The van der Waals surface area contributed by atoms with E-state index in [1.807, 2.05) is 43.4 Å². The lowest BCUT2D eigenvalue weighted by atomic mass is 10.0.